The lowest BCUT2D eigenvalue weighted by atomic mass is 10.1. The van der Waals surface area contributed by atoms with Crippen molar-refractivity contribution in [1.29, 1.82) is 0 Å². The largest absolute Gasteiger partial charge is 0.467 e. The van der Waals surface area contributed by atoms with Gasteiger partial charge in [0.1, 0.15) is 12.3 Å². The molecule has 23 heavy (non-hydrogen) atoms. The maximum absolute atomic E-state index is 12.8. The zero-order valence-electron chi connectivity index (χ0n) is 12.8. The van der Waals surface area contributed by atoms with Crippen LogP contribution in [0, 0.1) is 0 Å². The molecule has 4 nitrogen and oxygen atoms in total. The SMILES string of the molecule is CN(C)c1cccc(C(=O)N(Cc2ccco2)CC(F)(F)F)c1. The van der Waals surface area contributed by atoms with E-state index in [1.54, 1.807) is 43.3 Å². The van der Waals surface area contributed by atoms with Crippen molar-refractivity contribution >= 4 is 11.6 Å². The van der Waals surface area contributed by atoms with E-state index in [-0.39, 0.29) is 12.1 Å². The van der Waals surface area contributed by atoms with Gasteiger partial charge in [-0.25, -0.2) is 0 Å². The van der Waals surface area contributed by atoms with Crippen molar-refractivity contribution in [2.24, 2.45) is 0 Å². The Morgan fingerprint density at radius 3 is 2.48 bits per heavy atom. The average Bonchev–Trinajstić information content (AvgIpc) is 2.97. The van der Waals surface area contributed by atoms with Crippen molar-refractivity contribution < 1.29 is 22.4 Å². The number of furan rings is 1. The summed E-state index contributed by atoms with van der Waals surface area (Å²) in [7, 11) is 3.58. The Bertz CT molecular complexity index is 652. The van der Waals surface area contributed by atoms with Gasteiger partial charge in [-0.05, 0) is 30.3 Å². The summed E-state index contributed by atoms with van der Waals surface area (Å²) in [5.41, 5.74) is 0.938. The van der Waals surface area contributed by atoms with Crippen LogP contribution in [0.3, 0.4) is 0 Å². The molecule has 2 rings (SSSR count). The van der Waals surface area contributed by atoms with E-state index in [1.807, 2.05) is 0 Å². The van der Waals surface area contributed by atoms with E-state index in [9.17, 15) is 18.0 Å². The predicted octanol–water partition coefficient (Wildman–Crippen LogP) is 3.55. The molecule has 0 radical (unpaired) electrons. The van der Waals surface area contributed by atoms with Gasteiger partial charge in [0.05, 0.1) is 12.8 Å². The van der Waals surface area contributed by atoms with E-state index in [1.165, 1.54) is 18.4 Å². The molecule has 1 aromatic heterocycles. The van der Waals surface area contributed by atoms with Crippen molar-refractivity contribution in [3.05, 3.63) is 54.0 Å². The molecule has 1 heterocycles. The van der Waals surface area contributed by atoms with Crippen molar-refractivity contribution in [2.45, 2.75) is 12.7 Å². The number of alkyl halides is 3. The molecular weight excluding hydrogens is 309 g/mol. The maximum Gasteiger partial charge on any atom is 0.406 e. The van der Waals surface area contributed by atoms with Crippen LogP contribution in [0.2, 0.25) is 0 Å². The van der Waals surface area contributed by atoms with Crippen LogP contribution in [-0.2, 0) is 6.54 Å². The van der Waals surface area contributed by atoms with E-state index in [0.717, 1.165) is 10.6 Å². The fourth-order valence-electron chi connectivity index (χ4n) is 2.11. The Kier molecular flexibility index (Phi) is 4.98. The lowest BCUT2D eigenvalue weighted by Crippen LogP contribution is -2.38. The molecule has 2 aromatic rings. The fourth-order valence-corrected chi connectivity index (χ4v) is 2.11. The summed E-state index contributed by atoms with van der Waals surface area (Å²) in [4.78, 5) is 15.0. The number of benzene rings is 1. The van der Waals surface area contributed by atoms with E-state index in [2.05, 4.69) is 0 Å². The second-order valence-corrected chi connectivity index (χ2v) is 5.30. The minimum absolute atomic E-state index is 0.201. The zero-order chi connectivity index (χ0) is 17.0. The summed E-state index contributed by atoms with van der Waals surface area (Å²) in [6.45, 7) is -1.57. The monoisotopic (exact) mass is 326 g/mol. The number of hydrogen-bond acceptors (Lipinski definition) is 3. The number of nitrogens with zero attached hydrogens (tertiary/aromatic N) is 2. The summed E-state index contributed by atoms with van der Waals surface area (Å²) in [6, 6.07) is 9.58. The first kappa shape index (κ1) is 16.9. The summed E-state index contributed by atoms with van der Waals surface area (Å²) in [5.74, 6) is -0.395. The van der Waals surface area contributed by atoms with Crippen LogP contribution >= 0.6 is 0 Å². The van der Waals surface area contributed by atoms with E-state index in [0.29, 0.717) is 5.76 Å². The van der Waals surface area contributed by atoms with Crippen molar-refractivity contribution in [3.63, 3.8) is 0 Å². The van der Waals surface area contributed by atoms with Gasteiger partial charge < -0.3 is 14.2 Å². The van der Waals surface area contributed by atoms with Gasteiger partial charge in [0.2, 0.25) is 0 Å². The molecule has 1 amide bonds. The highest BCUT2D eigenvalue weighted by molar-refractivity contribution is 5.95. The smallest absolute Gasteiger partial charge is 0.406 e. The first-order valence-corrected chi connectivity index (χ1v) is 6.92. The Morgan fingerprint density at radius 1 is 1.17 bits per heavy atom. The van der Waals surface area contributed by atoms with Gasteiger partial charge in [-0.2, -0.15) is 13.2 Å². The molecule has 0 saturated carbocycles. The fraction of sp³-hybridized carbons (Fsp3) is 0.312. The lowest BCUT2D eigenvalue weighted by Gasteiger charge is -2.23. The molecule has 0 saturated heterocycles. The molecule has 0 atom stereocenters. The van der Waals surface area contributed by atoms with Crippen LogP contribution in [0.15, 0.2) is 47.1 Å². The first-order valence-electron chi connectivity index (χ1n) is 6.92. The molecule has 0 unspecified atom stereocenters. The van der Waals surface area contributed by atoms with E-state index >= 15 is 0 Å². The highest BCUT2D eigenvalue weighted by Crippen LogP contribution is 2.22. The van der Waals surface area contributed by atoms with Crippen molar-refractivity contribution in [3.8, 4) is 0 Å². The minimum Gasteiger partial charge on any atom is -0.467 e. The van der Waals surface area contributed by atoms with Gasteiger partial charge in [-0.3, -0.25) is 4.79 Å². The number of halogens is 3. The Morgan fingerprint density at radius 2 is 1.91 bits per heavy atom. The van der Waals surface area contributed by atoms with Gasteiger partial charge in [-0.1, -0.05) is 6.07 Å². The molecule has 0 N–H and O–H groups in total. The van der Waals surface area contributed by atoms with Gasteiger partial charge in [0.15, 0.2) is 0 Å². The van der Waals surface area contributed by atoms with Crippen LogP contribution in [-0.4, -0.2) is 37.6 Å². The first-order chi connectivity index (χ1) is 10.8. The van der Waals surface area contributed by atoms with Gasteiger partial charge in [-0.15, -0.1) is 0 Å². The number of amides is 1. The maximum atomic E-state index is 12.8. The second-order valence-electron chi connectivity index (χ2n) is 5.30. The summed E-state index contributed by atoms with van der Waals surface area (Å²) in [5, 5.41) is 0. The summed E-state index contributed by atoms with van der Waals surface area (Å²) < 4.78 is 43.4. The highest BCUT2D eigenvalue weighted by atomic mass is 19.4. The number of carbonyl (C=O) groups excluding carboxylic acids is 1. The second kappa shape index (κ2) is 6.76. The van der Waals surface area contributed by atoms with Gasteiger partial charge >= 0.3 is 6.18 Å². The zero-order valence-corrected chi connectivity index (χ0v) is 12.8. The normalized spacial score (nSPS) is 11.3. The van der Waals surface area contributed by atoms with Crippen molar-refractivity contribution in [1.82, 2.24) is 4.90 Å². The molecule has 7 heteroatoms. The van der Waals surface area contributed by atoms with Crippen molar-refractivity contribution in [2.75, 3.05) is 25.5 Å². The van der Waals surface area contributed by atoms with Crippen LogP contribution in [0.25, 0.3) is 0 Å². The summed E-state index contributed by atoms with van der Waals surface area (Å²) >= 11 is 0. The number of hydrogen-bond donors (Lipinski definition) is 0. The average molecular weight is 326 g/mol. The Balaban J connectivity index is 2.26. The number of carbonyl (C=O) groups is 1. The van der Waals surface area contributed by atoms with Crippen LogP contribution in [0.4, 0.5) is 18.9 Å². The molecule has 0 aliphatic rings. The summed E-state index contributed by atoms with van der Waals surface area (Å²) in [6.07, 6.45) is -3.13. The van der Waals surface area contributed by atoms with E-state index in [4.69, 9.17) is 4.42 Å². The number of rotatable bonds is 5. The molecule has 0 aliphatic heterocycles. The highest BCUT2D eigenvalue weighted by Gasteiger charge is 2.33. The minimum atomic E-state index is -4.48. The van der Waals surface area contributed by atoms with E-state index < -0.39 is 18.6 Å². The molecule has 0 aliphatic carbocycles. The van der Waals surface area contributed by atoms with Gasteiger partial charge in [0, 0.05) is 25.3 Å². The Hall–Kier alpha value is -2.44. The predicted molar refractivity (Wildman–Crippen MR) is 80.3 cm³/mol. The van der Waals surface area contributed by atoms with Crippen LogP contribution < -0.4 is 4.90 Å². The molecule has 1 aromatic carbocycles. The number of anilines is 1. The third-order valence-corrected chi connectivity index (χ3v) is 3.19. The van der Waals surface area contributed by atoms with Gasteiger partial charge in [0.25, 0.3) is 5.91 Å². The third-order valence-electron chi connectivity index (χ3n) is 3.19. The molecule has 0 bridgehead atoms. The Labute approximate surface area is 132 Å². The van der Waals surface area contributed by atoms with Crippen LogP contribution in [0.5, 0.6) is 0 Å². The standard InChI is InChI=1S/C16H17F3N2O2/c1-20(2)13-6-3-5-12(9-13)15(22)21(11-16(17,18)19)10-14-7-4-8-23-14/h3-9H,10-11H2,1-2H3. The topological polar surface area (TPSA) is 36.7 Å². The molecular formula is C16H17F3N2O2. The molecule has 124 valence electrons. The quantitative estimate of drug-likeness (QED) is 0.843. The van der Waals surface area contributed by atoms with Crippen LogP contribution in [0.1, 0.15) is 16.1 Å². The molecule has 0 spiro atoms. The lowest BCUT2D eigenvalue weighted by molar-refractivity contribution is -0.142. The molecule has 0 fully saturated rings. The third kappa shape index (κ3) is 4.77.